The zero-order chi connectivity index (χ0) is 21.0. The highest BCUT2D eigenvalue weighted by molar-refractivity contribution is 7.15. The molecule has 0 N–H and O–H groups in total. The van der Waals surface area contributed by atoms with Crippen molar-refractivity contribution in [1.82, 2.24) is 14.6 Å². The molecule has 0 saturated heterocycles. The van der Waals surface area contributed by atoms with Crippen LogP contribution < -0.4 is 19.7 Å². The molecule has 8 heteroatoms. The van der Waals surface area contributed by atoms with E-state index in [4.69, 9.17) is 4.74 Å². The molecule has 0 atom stereocenters. The Morgan fingerprint density at radius 3 is 2.47 bits per heavy atom. The monoisotopic (exact) mass is 418 g/mol. The van der Waals surface area contributed by atoms with Crippen molar-refractivity contribution < 1.29 is 9.53 Å². The highest BCUT2D eigenvalue weighted by Gasteiger charge is 2.31. The Labute approximate surface area is 175 Å². The number of ether oxygens (including phenoxy) is 1. The van der Waals surface area contributed by atoms with E-state index in [2.05, 4.69) is 10.1 Å². The van der Waals surface area contributed by atoms with Crippen LogP contribution in [0.4, 0.5) is 5.69 Å². The van der Waals surface area contributed by atoms with Crippen LogP contribution in [0.1, 0.15) is 19.4 Å². The van der Waals surface area contributed by atoms with Gasteiger partial charge < -0.3 is 9.64 Å². The van der Waals surface area contributed by atoms with Crippen LogP contribution in [0, 0.1) is 0 Å². The molecule has 1 aliphatic heterocycles. The van der Waals surface area contributed by atoms with Crippen molar-refractivity contribution in [2.75, 3.05) is 11.9 Å². The lowest BCUT2D eigenvalue weighted by molar-refractivity contribution is -0.112. The summed E-state index contributed by atoms with van der Waals surface area (Å²) >= 11 is 1.19. The van der Waals surface area contributed by atoms with Crippen LogP contribution in [0.5, 0.6) is 5.75 Å². The molecule has 0 unspecified atom stereocenters. The number of fused-ring (bicyclic) bond motifs is 2. The van der Waals surface area contributed by atoms with Crippen molar-refractivity contribution in [2.24, 2.45) is 0 Å². The zero-order valence-corrected chi connectivity index (χ0v) is 17.4. The van der Waals surface area contributed by atoms with Crippen LogP contribution in [-0.2, 0) is 4.79 Å². The largest absolute Gasteiger partial charge is 0.491 e. The van der Waals surface area contributed by atoms with Gasteiger partial charge in [0.2, 0.25) is 4.96 Å². The van der Waals surface area contributed by atoms with Gasteiger partial charge in [0.1, 0.15) is 10.3 Å². The molecule has 0 spiro atoms. The highest BCUT2D eigenvalue weighted by atomic mass is 32.1. The lowest BCUT2D eigenvalue weighted by Gasteiger charge is -2.09. The van der Waals surface area contributed by atoms with Crippen molar-refractivity contribution in [2.45, 2.75) is 20.0 Å². The average Bonchev–Trinajstić information content (AvgIpc) is 3.35. The minimum Gasteiger partial charge on any atom is -0.491 e. The van der Waals surface area contributed by atoms with Crippen LogP contribution in [0.25, 0.3) is 21.9 Å². The Kier molecular flexibility index (Phi) is 4.18. The molecule has 1 aliphatic rings. The number of hydrogen-bond donors (Lipinski definition) is 0. The molecule has 0 saturated carbocycles. The summed E-state index contributed by atoms with van der Waals surface area (Å²) in [6.45, 7) is 3.94. The minimum atomic E-state index is -0.332. The van der Waals surface area contributed by atoms with E-state index < -0.39 is 0 Å². The third kappa shape index (κ3) is 2.80. The van der Waals surface area contributed by atoms with E-state index in [0.29, 0.717) is 20.9 Å². The Hall–Kier alpha value is -3.52. The summed E-state index contributed by atoms with van der Waals surface area (Å²) in [5, 5.41) is 4.39. The van der Waals surface area contributed by atoms with Gasteiger partial charge in [0, 0.05) is 18.2 Å². The molecule has 3 heterocycles. The molecule has 2 aromatic carbocycles. The maximum absolute atomic E-state index is 13.1. The van der Waals surface area contributed by atoms with Gasteiger partial charge in [-0.3, -0.25) is 9.59 Å². The summed E-state index contributed by atoms with van der Waals surface area (Å²) in [5.41, 5.74) is 2.42. The topological polar surface area (TPSA) is 76.8 Å². The lowest BCUT2D eigenvalue weighted by Crippen LogP contribution is -2.30. The number of amides is 1. The van der Waals surface area contributed by atoms with Gasteiger partial charge in [-0.05, 0) is 44.2 Å². The number of likely N-dealkylation sites (N-methyl/N-ethyl adjacent to an activating group) is 1. The first-order chi connectivity index (χ1) is 14.4. The van der Waals surface area contributed by atoms with Crippen LogP contribution in [0.2, 0.25) is 0 Å². The van der Waals surface area contributed by atoms with Crippen LogP contribution in [0.3, 0.4) is 0 Å². The summed E-state index contributed by atoms with van der Waals surface area (Å²) in [5.74, 6) is 1.03. The molecule has 0 bridgehead atoms. The number of aromatic nitrogens is 3. The molecule has 30 heavy (non-hydrogen) atoms. The van der Waals surface area contributed by atoms with E-state index in [0.717, 1.165) is 22.6 Å². The third-order valence-electron chi connectivity index (χ3n) is 4.92. The van der Waals surface area contributed by atoms with Gasteiger partial charge in [0.25, 0.3) is 11.5 Å². The standard InChI is InChI=1S/C22H18N4O3S/c1-12(2)29-14-10-8-13(9-11-14)19-23-22-26(24-19)21(28)18(30-22)17-15-6-4-5-7-16(15)25(3)20(17)27/h4-12H,1-3H3. The van der Waals surface area contributed by atoms with Crippen molar-refractivity contribution in [3.8, 4) is 17.1 Å². The van der Waals surface area contributed by atoms with Gasteiger partial charge in [-0.2, -0.15) is 9.50 Å². The normalized spacial score (nSPS) is 15.3. The second kappa shape index (κ2) is 6.77. The average molecular weight is 418 g/mol. The Balaban J connectivity index is 1.61. The summed E-state index contributed by atoms with van der Waals surface area (Å²) in [6.07, 6.45) is 0.0911. The molecule has 0 aliphatic carbocycles. The summed E-state index contributed by atoms with van der Waals surface area (Å²) in [6, 6.07) is 14.9. The van der Waals surface area contributed by atoms with Gasteiger partial charge in [0.05, 0.1) is 17.4 Å². The maximum atomic E-state index is 13.1. The first kappa shape index (κ1) is 18.5. The van der Waals surface area contributed by atoms with E-state index in [9.17, 15) is 9.59 Å². The molecule has 0 fully saturated rings. The van der Waals surface area contributed by atoms with Gasteiger partial charge in [0.15, 0.2) is 5.82 Å². The number of anilines is 1. The first-order valence-electron chi connectivity index (χ1n) is 9.52. The van der Waals surface area contributed by atoms with Gasteiger partial charge >= 0.3 is 0 Å². The molecule has 5 rings (SSSR count). The number of benzene rings is 2. The van der Waals surface area contributed by atoms with E-state index in [1.807, 2.05) is 62.4 Å². The second-order valence-corrected chi connectivity index (χ2v) is 8.29. The number of para-hydroxylation sites is 1. The Morgan fingerprint density at radius 2 is 1.77 bits per heavy atom. The van der Waals surface area contributed by atoms with Gasteiger partial charge in [-0.15, -0.1) is 5.10 Å². The van der Waals surface area contributed by atoms with Crippen molar-refractivity contribution >= 4 is 33.5 Å². The van der Waals surface area contributed by atoms with Gasteiger partial charge in [-0.1, -0.05) is 29.5 Å². The summed E-state index contributed by atoms with van der Waals surface area (Å²) < 4.78 is 7.29. The van der Waals surface area contributed by atoms with E-state index in [1.54, 1.807) is 11.9 Å². The zero-order valence-electron chi connectivity index (χ0n) is 16.6. The smallest absolute Gasteiger partial charge is 0.291 e. The fourth-order valence-electron chi connectivity index (χ4n) is 3.55. The van der Waals surface area contributed by atoms with E-state index >= 15 is 0 Å². The minimum absolute atomic E-state index is 0.0911. The summed E-state index contributed by atoms with van der Waals surface area (Å²) in [4.78, 5) is 32.4. The molecule has 150 valence electrons. The van der Waals surface area contributed by atoms with Crippen molar-refractivity contribution in [3.05, 3.63) is 69.0 Å². The number of carbonyl (C=O) groups is 1. The van der Waals surface area contributed by atoms with E-state index in [-0.39, 0.29) is 17.6 Å². The van der Waals surface area contributed by atoms with Crippen LogP contribution in [0.15, 0.2) is 53.3 Å². The molecular formula is C22H18N4O3S. The quantitative estimate of drug-likeness (QED) is 0.511. The molecule has 4 aromatic rings. The SMILES string of the molecule is CC(C)Oc1ccc(-c2nc3sc(=C4C(=O)N(C)c5ccccc54)c(=O)n3n2)cc1. The van der Waals surface area contributed by atoms with Gasteiger partial charge in [-0.25, -0.2) is 0 Å². The molecular weight excluding hydrogens is 400 g/mol. The van der Waals surface area contributed by atoms with Crippen LogP contribution in [-0.4, -0.2) is 33.7 Å². The fourth-order valence-corrected chi connectivity index (χ4v) is 4.55. The number of nitrogens with zero attached hydrogens (tertiary/aromatic N) is 4. The van der Waals surface area contributed by atoms with Crippen molar-refractivity contribution in [1.29, 1.82) is 0 Å². The molecule has 1 amide bonds. The molecule has 0 radical (unpaired) electrons. The second-order valence-electron chi connectivity index (χ2n) is 7.31. The van der Waals surface area contributed by atoms with E-state index in [1.165, 1.54) is 15.9 Å². The number of rotatable bonds is 3. The highest BCUT2D eigenvalue weighted by Crippen LogP contribution is 2.33. The molecule has 2 aromatic heterocycles. The number of carbonyl (C=O) groups excluding carboxylic acids is 1. The number of hydrogen-bond acceptors (Lipinski definition) is 6. The Bertz CT molecular complexity index is 1400. The van der Waals surface area contributed by atoms with Crippen molar-refractivity contribution in [3.63, 3.8) is 0 Å². The predicted molar refractivity (Wildman–Crippen MR) is 116 cm³/mol. The predicted octanol–water partition coefficient (Wildman–Crippen LogP) is 2.50. The third-order valence-corrected chi connectivity index (χ3v) is 5.95. The lowest BCUT2D eigenvalue weighted by atomic mass is 10.1. The van der Waals surface area contributed by atoms with Crippen LogP contribution >= 0.6 is 11.3 Å². The molecule has 7 nitrogen and oxygen atoms in total. The number of thiazole rings is 1. The summed E-state index contributed by atoms with van der Waals surface area (Å²) in [7, 11) is 1.71. The Morgan fingerprint density at radius 1 is 1.03 bits per heavy atom. The fraction of sp³-hybridized carbons (Fsp3) is 0.182. The first-order valence-corrected chi connectivity index (χ1v) is 10.3. The maximum Gasteiger partial charge on any atom is 0.291 e.